The van der Waals surface area contributed by atoms with Crippen LogP contribution in [0.1, 0.15) is 5.56 Å². The van der Waals surface area contributed by atoms with Crippen molar-refractivity contribution in [1.82, 2.24) is 10.7 Å². The number of hydrazone groups is 1. The third kappa shape index (κ3) is 5.26. The fourth-order valence-electron chi connectivity index (χ4n) is 1.14. The zero-order valence-corrected chi connectivity index (χ0v) is 10.4. The lowest BCUT2D eigenvalue weighted by molar-refractivity contribution is -0.139. The van der Waals surface area contributed by atoms with E-state index in [1.807, 2.05) is 5.43 Å². The predicted octanol–water partition coefficient (Wildman–Crippen LogP) is 0.0384. The van der Waals surface area contributed by atoms with Crippen LogP contribution in [-0.4, -0.2) is 38.3 Å². The van der Waals surface area contributed by atoms with Gasteiger partial charge in [-0.25, -0.2) is 9.82 Å². The maximum Gasteiger partial charge on any atom is 0.329 e. The Bertz CT molecular complexity index is 477. The SMILES string of the molecule is COCCNC(=O)C(=O)N/N=C\c1ccccc1F. The van der Waals surface area contributed by atoms with Crippen molar-refractivity contribution in [2.24, 2.45) is 5.10 Å². The standard InChI is InChI=1S/C12H14FN3O3/c1-19-7-6-14-11(17)12(18)16-15-8-9-4-2-3-5-10(9)13/h2-5,8H,6-7H2,1H3,(H,14,17)(H,16,18)/b15-8-. The zero-order valence-electron chi connectivity index (χ0n) is 10.4. The van der Waals surface area contributed by atoms with Gasteiger partial charge in [0.1, 0.15) is 5.82 Å². The van der Waals surface area contributed by atoms with E-state index in [9.17, 15) is 14.0 Å². The van der Waals surface area contributed by atoms with Crippen molar-refractivity contribution in [3.05, 3.63) is 35.6 Å². The van der Waals surface area contributed by atoms with Crippen LogP contribution in [0.15, 0.2) is 29.4 Å². The fraction of sp³-hybridized carbons (Fsp3) is 0.250. The average molecular weight is 267 g/mol. The van der Waals surface area contributed by atoms with E-state index in [1.165, 1.54) is 25.3 Å². The van der Waals surface area contributed by atoms with Crippen LogP contribution in [0, 0.1) is 5.82 Å². The van der Waals surface area contributed by atoms with Crippen LogP contribution in [0.3, 0.4) is 0 Å². The van der Waals surface area contributed by atoms with Crippen molar-refractivity contribution in [3.63, 3.8) is 0 Å². The smallest absolute Gasteiger partial charge is 0.329 e. The van der Waals surface area contributed by atoms with Gasteiger partial charge in [-0.15, -0.1) is 0 Å². The Balaban J connectivity index is 2.41. The lowest BCUT2D eigenvalue weighted by atomic mass is 10.2. The summed E-state index contributed by atoms with van der Waals surface area (Å²) in [6.45, 7) is 0.525. The number of carbonyl (C=O) groups is 2. The van der Waals surface area contributed by atoms with Gasteiger partial charge in [-0.2, -0.15) is 5.10 Å². The van der Waals surface area contributed by atoms with Gasteiger partial charge in [0.05, 0.1) is 12.8 Å². The van der Waals surface area contributed by atoms with Crippen LogP contribution in [0.25, 0.3) is 0 Å². The highest BCUT2D eigenvalue weighted by atomic mass is 19.1. The van der Waals surface area contributed by atoms with Gasteiger partial charge in [-0.3, -0.25) is 9.59 Å². The molecule has 0 bridgehead atoms. The first kappa shape index (κ1) is 14.8. The summed E-state index contributed by atoms with van der Waals surface area (Å²) in [6.07, 6.45) is 1.12. The summed E-state index contributed by atoms with van der Waals surface area (Å²) in [5.74, 6) is -2.23. The number of carbonyl (C=O) groups excluding carboxylic acids is 2. The molecule has 0 aliphatic heterocycles. The molecule has 1 aromatic carbocycles. The Morgan fingerprint density at radius 2 is 2.11 bits per heavy atom. The minimum atomic E-state index is -0.927. The van der Waals surface area contributed by atoms with Crippen LogP contribution >= 0.6 is 0 Å². The summed E-state index contributed by atoms with van der Waals surface area (Å²) < 4.78 is 17.9. The Labute approximate surface area is 109 Å². The van der Waals surface area contributed by atoms with E-state index >= 15 is 0 Å². The molecule has 2 amide bonds. The molecule has 0 fully saturated rings. The van der Waals surface area contributed by atoms with Gasteiger partial charge in [0, 0.05) is 19.2 Å². The van der Waals surface area contributed by atoms with Gasteiger partial charge in [0.15, 0.2) is 0 Å². The minimum Gasteiger partial charge on any atom is -0.383 e. The van der Waals surface area contributed by atoms with Crippen LogP contribution in [0.4, 0.5) is 4.39 Å². The van der Waals surface area contributed by atoms with E-state index in [4.69, 9.17) is 4.74 Å². The number of hydrogen-bond donors (Lipinski definition) is 2. The molecule has 1 rings (SSSR count). The lowest BCUT2D eigenvalue weighted by Gasteiger charge is -2.02. The molecule has 6 nitrogen and oxygen atoms in total. The first-order chi connectivity index (χ1) is 9.15. The molecule has 0 unspecified atom stereocenters. The van der Waals surface area contributed by atoms with Gasteiger partial charge in [0.25, 0.3) is 0 Å². The number of amides is 2. The molecule has 2 N–H and O–H groups in total. The molecular formula is C12H14FN3O3. The van der Waals surface area contributed by atoms with Crippen LogP contribution in [0.5, 0.6) is 0 Å². The molecule has 0 spiro atoms. The normalized spacial score (nSPS) is 10.4. The third-order valence-corrected chi connectivity index (χ3v) is 2.07. The maximum atomic E-state index is 13.2. The molecule has 0 atom stereocenters. The number of ether oxygens (including phenoxy) is 1. The molecule has 19 heavy (non-hydrogen) atoms. The maximum absolute atomic E-state index is 13.2. The van der Waals surface area contributed by atoms with Crippen LogP contribution in [0.2, 0.25) is 0 Å². The van der Waals surface area contributed by atoms with E-state index in [-0.39, 0.29) is 12.1 Å². The second-order valence-corrected chi connectivity index (χ2v) is 3.47. The number of rotatable bonds is 5. The number of hydrogen-bond acceptors (Lipinski definition) is 4. The first-order valence-electron chi connectivity index (χ1n) is 5.50. The van der Waals surface area contributed by atoms with Crippen LogP contribution in [-0.2, 0) is 14.3 Å². The molecule has 0 heterocycles. The predicted molar refractivity (Wildman–Crippen MR) is 67.0 cm³/mol. The Morgan fingerprint density at radius 1 is 1.37 bits per heavy atom. The Hall–Kier alpha value is -2.28. The monoisotopic (exact) mass is 267 g/mol. The number of halogens is 1. The zero-order chi connectivity index (χ0) is 14.1. The topological polar surface area (TPSA) is 79.8 Å². The Kier molecular flexibility index (Phi) is 6.17. The first-order valence-corrected chi connectivity index (χ1v) is 5.50. The van der Waals surface area contributed by atoms with Gasteiger partial charge >= 0.3 is 11.8 Å². The van der Waals surface area contributed by atoms with Crippen molar-refractivity contribution in [1.29, 1.82) is 0 Å². The van der Waals surface area contributed by atoms with Gasteiger partial charge in [0.2, 0.25) is 0 Å². The highest BCUT2D eigenvalue weighted by Crippen LogP contribution is 2.02. The van der Waals surface area contributed by atoms with E-state index < -0.39 is 17.6 Å². The van der Waals surface area contributed by atoms with Crippen molar-refractivity contribution in [3.8, 4) is 0 Å². The average Bonchev–Trinajstić information content (AvgIpc) is 2.41. The van der Waals surface area contributed by atoms with Crippen molar-refractivity contribution in [2.75, 3.05) is 20.3 Å². The van der Waals surface area contributed by atoms with E-state index in [0.29, 0.717) is 6.61 Å². The summed E-state index contributed by atoms with van der Waals surface area (Å²) >= 11 is 0. The fourth-order valence-corrected chi connectivity index (χ4v) is 1.14. The van der Waals surface area contributed by atoms with Crippen molar-refractivity contribution in [2.45, 2.75) is 0 Å². The highest BCUT2D eigenvalue weighted by molar-refractivity contribution is 6.35. The summed E-state index contributed by atoms with van der Waals surface area (Å²) in [4.78, 5) is 22.4. The molecule has 0 saturated carbocycles. The van der Waals surface area contributed by atoms with E-state index in [0.717, 1.165) is 6.21 Å². The Morgan fingerprint density at radius 3 is 2.79 bits per heavy atom. The molecule has 0 aliphatic rings. The number of nitrogens with one attached hydrogen (secondary N) is 2. The lowest BCUT2D eigenvalue weighted by Crippen LogP contribution is -2.39. The largest absolute Gasteiger partial charge is 0.383 e. The number of methoxy groups -OCH3 is 1. The van der Waals surface area contributed by atoms with Crippen molar-refractivity contribution >= 4 is 18.0 Å². The minimum absolute atomic E-state index is 0.211. The highest BCUT2D eigenvalue weighted by Gasteiger charge is 2.11. The second kappa shape index (κ2) is 7.93. The van der Waals surface area contributed by atoms with Gasteiger partial charge in [-0.05, 0) is 6.07 Å². The summed E-state index contributed by atoms with van der Waals surface area (Å²) in [5.41, 5.74) is 2.21. The molecule has 0 aliphatic carbocycles. The third-order valence-electron chi connectivity index (χ3n) is 2.07. The second-order valence-electron chi connectivity index (χ2n) is 3.47. The molecule has 0 aromatic heterocycles. The molecule has 102 valence electrons. The summed E-state index contributed by atoms with van der Waals surface area (Å²) in [7, 11) is 1.48. The van der Waals surface area contributed by atoms with Crippen LogP contribution < -0.4 is 10.7 Å². The van der Waals surface area contributed by atoms with E-state index in [1.54, 1.807) is 6.07 Å². The number of benzene rings is 1. The van der Waals surface area contributed by atoms with Gasteiger partial charge < -0.3 is 10.1 Å². The van der Waals surface area contributed by atoms with Gasteiger partial charge in [-0.1, -0.05) is 18.2 Å². The summed E-state index contributed by atoms with van der Waals surface area (Å²) in [5, 5.41) is 5.81. The molecular weight excluding hydrogens is 253 g/mol. The molecule has 7 heteroatoms. The van der Waals surface area contributed by atoms with E-state index in [2.05, 4.69) is 10.4 Å². The molecule has 0 saturated heterocycles. The molecule has 1 aromatic rings. The molecule has 0 radical (unpaired) electrons. The quantitative estimate of drug-likeness (QED) is 0.342. The number of nitrogens with zero attached hydrogens (tertiary/aromatic N) is 1. The summed E-state index contributed by atoms with van der Waals surface area (Å²) in [6, 6.07) is 5.92. The van der Waals surface area contributed by atoms with Crippen molar-refractivity contribution < 1.29 is 18.7 Å².